The number of aliphatic carboxylic acids is 1. The van der Waals surface area contributed by atoms with Crippen LogP contribution in [0.1, 0.15) is 12.0 Å². The Morgan fingerprint density at radius 3 is 2.67 bits per heavy atom. The van der Waals surface area contributed by atoms with Crippen molar-refractivity contribution in [2.45, 2.75) is 6.42 Å². The van der Waals surface area contributed by atoms with Crippen molar-refractivity contribution < 1.29 is 14.7 Å². The van der Waals surface area contributed by atoms with Crippen molar-refractivity contribution in [2.75, 3.05) is 13.1 Å². The average molecular weight is 348 g/mol. The van der Waals surface area contributed by atoms with Crippen LogP contribution in [0, 0.1) is 5.92 Å². The summed E-state index contributed by atoms with van der Waals surface area (Å²) in [4.78, 5) is 24.6. The van der Waals surface area contributed by atoms with Gasteiger partial charge in [0.25, 0.3) is 0 Å². The molecule has 24 heavy (non-hydrogen) atoms. The number of benzene rings is 1. The molecule has 1 unspecified atom stereocenters. The quantitative estimate of drug-likeness (QED) is 0.861. The first-order valence-corrected chi connectivity index (χ1v) is 7.43. The third kappa shape index (κ3) is 4.02. The SMILES string of the molecule is Cl.O=C(O)C1CCN(C(=O)C=Cc2cnn(-c3ccccc3)c2)C1. The summed E-state index contributed by atoms with van der Waals surface area (Å²) in [5.74, 6) is -1.46. The summed E-state index contributed by atoms with van der Waals surface area (Å²) in [5.41, 5.74) is 1.76. The fourth-order valence-electron chi connectivity index (χ4n) is 2.58. The number of nitrogens with zero attached hydrogens (tertiary/aromatic N) is 3. The number of carbonyl (C=O) groups is 2. The van der Waals surface area contributed by atoms with Crippen molar-refractivity contribution in [1.82, 2.24) is 14.7 Å². The monoisotopic (exact) mass is 347 g/mol. The molecule has 1 aliphatic rings. The van der Waals surface area contributed by atoms with E-state index in [4.69, 9.17) is 5.11 Å². The number of hydrogen-bond donors (Lipinski definition) is 1. The van der Waals surface area contributed by atoms with Crippen LogP contribution in [-0.4, -0.2) is 44.8 Å². The van der Waals surface area contributed by atoms with E-state index in [2.05, 4.69) is 5.10 Å². The Kier molecular flexibility index (Phi) is 5.76. The van der Waals surface area contributed by atoms with Gasteiger partial charge in [-0.3, -0.25) is 9.59 Å². The predicted molar refractivity (Wildman–Crippen MR) is 92.2 cm³/mol. The minimum Gasteiger partial charge on any atom is -0.481 e. The van der Waals surface area contributed by atoms with E-state index in [0.717, 1.165) is 11.3 Å². The minimum absolute atomic E-state index is 0. The molecule has 0 spiro atoms. The largest absolute Gasteiger partial charge is 0.481 e. The highest BCUT2D eigenvalue weighted by Crippen LogP contribution is 2.17. The van der Waals surface area contributed by atoms with Crippen LogP contribution >= 0.6 is 12.4 Å². The van der Waals surface area contributed by atoms with E-state index >= 15 is 0 Å². The summed E-state index contributed by atoms with van der Waals surface area (Å²) in [6.45, 7) is 0.769. The molecule has 1 fully saturated rings. The van der Waals surface area contributed by atoms with Crippen LogP contribution < -0.4 is 0 Å². The topological polar surface area (TPSA) is 75.4 Å². The van der Waals surface area contributed by atoms with Gasteiger partial charge >= 0.3 is 5.97 Å². The van der Waals surface area contributed by atoms with Gasteiger partial charge in [-0.15, -0.1) is 12.4 Å². The summed E-state index contributed by atoms with van der Waals surface area (Å²) in [6.07, 6.45) is 7.20. The normalized spacial score (nSPS) is 17.0. The van der Waals surface area contributed by atoms with E-state index < -0.39 is 11.9 Å². The van der Waals surface area contributed by atoms with Gasteiger partial charge in [0.05, 0.1) is 17.8 Å². The zero-order chi connectivity index (χ0) is 16.2. The molecular formula is C17H18ClN3O3. The number of aromatic nitrogens is 2. The van der Waals surface area contributed by atoms with Gasteiger partial charge in [-0.2, -0.15) is 5.10 Å². The Bertz CT molecular complexity index is 743. The molecule has 2 aromatic rings. The van der Waals surface area contributed by atoms with Gasteiger partial charge in [0.1, 0.15) is 0 Å². The van der Waals surface area contributed by atoms with Gasteiger partial charge in [0, 0.05) is 30.9 Å². The third-order valence-corrected chi connectivity index (χ3v) is 3.89. The second kappa shape index (κ2) is 7.79. The molecule has 1 aromatic heterocycles. The Morgan fingerprint density at radius 2 is 2.00 bits per heavy atom. The van der Waals surface area contributed by atoms with Crippen molar-refractivity contribution in [3.8, 4) is 5.69 Å². The van der Waals surface area contributed by atoms with Crippen LogP contribution in [0.25, 0.3) is 11.8 Å². The van der Waals surface area contributed by atoms with Crippen LogP contribution in [0.5, 0.6) is 0 Å². The molecule has 6 nitrogen and oxygen atoms in total. The standard InChI is InChI=1S/C17H17N3O3.ClH/c21-16(19-9-8-14(12-19)17(22)23)7-6-13-10-18-20(11-13)15-4-2-1-3-5-15;/h1-7,10-11,14H,8-9,12H2,(H,22,23);1H. The van der Waals surface area contributed by atoms with E-state index in [1.807, 2.05) is 36.5 Å². The van der Waals surface area contributed by atoms with E-state index in [1.165, 1.54) is 6.08 Å². The first-order valence-electron chi connectivity index (χ1n) is 7.43. The van der Waals surface area contributed by atoms with Crippen molar-refractivity contribution in [1.29, 1.82) is 0 Å². The molecule has 0 aliphatic carbocycles. The smallest absolute Gasteiger partial charge is 0.308 e. The highest BCUT2D eigenvalue weighted by Gasteiger charge is 2.29. The fourth-order valence-corrected chi connectivity index (χ4v) is 2.58. The number of halogens is 1. The number of carbonyl (C=O) groups excluding carboxylic acids is 1. The molecule has 1 saturated heterocycles. The summed E-state index contributed by atoms with van der Waals surface area (Å²) < 4.78 is 1.74. The molecule has 7 heteroatoms. The zero-order valence-corrected chi connectivity index (χ0v) is 13.7. The summed E-state index contributed by atoms with van der Waals surface area (Å²) in [7, 11) is 0. The van der Waals surface area contributed by atoms with Gasteiger partial charge < -0.3 is 10.0 Å². The summed E-state index contributed by atoms with van der Waals surface area (Å²) in [5, 5.41) is 13.2. The number of para-hydroxylation sites is 1. The maximum absolute atomic E-state index is 12.1. The van der Waals surface area contributed by atoms with Gasteiger partial charge in [-0.25, -0.2) is 4.68 Å². The summed E-state index contributed by atoms with van der Waals surface area (Å²) >= 11 is 0. The van der Waals surface area contributed by atoms with E-state index in [-0.39, 0.29) is 24.9 Å². The second-order valence-corrected chi connectivity index (χ2v) is 5.50. The van der Waals surface area contributed by atoms with Crippen molar-refractivity contribution in [3.05, 3.63) is 54.4 Å². The molecule has 3 rings (SSSR count). The lowest BCUT2D eigenvalue weighted by molar-refractivity contribution is -0.141. The van der Waals surface area contributed by atoms with Crippen LogP contribution in [0.4, 0.5) is 0 Å². The van der Waals surface area contributed by atoms with Gasteiger partial charge in [0.2, 0.25) is 5.91 Å². The lowest BCUT2D eigenvalue weighted by Gasteiger charge is -2.12. The Labute approximate surface area is 145 Å². The van der Waals surface area contributed by atoms with Crippen LogP contribution in [0.3, 0.4) is 0 Å². The van der Waals surface area contributed by atoms with Gasteiger partial charge in [-0.1, -0.05) is 18.2 Å². The number of likely N-dealkylation sites (tertiary alicyclic amines) is 1. The highest BCUT2D eigenvalue weighted by molar-refractivity contribution is 5.92. The van der Waals surface area contributed by atoms with Gasteiger partial charge in [-0.05, 0) is 24.6 Å². The van der Waals surface area contributed by atoms with Crippen molar-refractivity contribution in [3.63, 3.8) is 0 Å². The molecule has 1 atom stereocenters. The van der Waals surface area contributed by atoms with E-state index in [1.54, 1.807) is 21.9 Å². The van der Waals surface area contributed by atoms with Crippen LogP contribution in [0.15, 0.2) is 48.8 Å². The highest BCUT2D eigenvalue weighted by atomic mass is 35.5. The number of rotatable bonds is 4. The first kappa shape index (κ1) is 17.7. The van der Waals surface area contributed by atoms with Crippen LogP contribution in [0.2, 0.25) is 0 Å². The molecule has 126 valence electrons. The lowest BCUT2D eigenvalue weighted by atomic mass is 10.1. The molecule has 0 saturated carbocycles. The maximum Gasteiger partial charge on any atom is 0.308 e. The maximum atomic E-state index is 12.1. The van der Waals surface area contributed by atoms with E-state index in [9.17, 15) is 9.59 Å². The average Bonchev–Trinajstić information content (AvgIpc) is 3.23. The summed E-state index contributed by atoms with van der Waals surface area (Å²) in [6, 6.07) is 9.70. The predicted octanol–water partition coefficient (Wildman–Crippen LogP) is 2.24. The zero-order valence-electron chi connectivity index (χ0n) is 12.9. The van der Waals surface area contributed by atoms with E-state index in [0.29, 0.717) is 13.0 Å². The molecule has 1 aliphatic heterocycles. The first-order chi connectivity index (χ1) is 11.1. The second-order valence-electron chi connectivity index (χ2n) is 5.50. The molecule has 0 radical (unpaired) electrons. The molecule has 1 N–H and O–H groups in total. The molecule has 2 heterocycles. The van der Waals surface area contributed by atoms with Crippen molar-refractivity contribution in [2.24, 2.45) is 5.92 Å². The molecule has 0 bridgehead atoms. The Balaban J connectivity index is 0.00000208. The molecular weight excluding hydrogens is 330 g/mol. The van der Waals surface area contributed by atoms with Crippen LogP contribution in [-0.2, 0) is 9.59 Å². The fraction of sp³-hybridized carbons (Fsp3) is 0.235. The van der Waals surface area contributed by atoms with Crippen molar-refractivity contribution >= 4 is 30.4 Å². The Morgan fingerprint density at radius 1 is 1.25 bits per heavy atom. The number of carboxylic acid groups (broad SMARTS) is 1. The molecule has 1 aromatic carbocycles. The Hall–Kier alpha value is -2.60. The third-order valence-electron chi connectivity index (χ3n) is 3.89. The number of carboxylic acids is 1. The number of hydrogen-bond acceptors (Lipinski definition) is 3. The number of amides is 1. The molecule has 1 amide bonds. The van der Waals surface area contributed by atoms with Gasteiger partial charge in [0.15, 0.2) is 0 Å². The lowest BCUT2D eigenvalue weighted by Crippen LogP contribution is -2.28. The minimum atomic E-state index is -0.839.